The molecular formula is C24H28FN3S. The minimum absolute atomic E-state index is 0.178. The Kier molecular flexibility index (Phi) is 6.57. The molecule has 0 radical (unpaired) electrons. The molecule has 0 atom stereocenters. The molecule has 3 nitrogen and oxygen atoms in total. The van der Waals surface area contributed by atoms with Crippen LogP contribution in [0, 0.1) is 5.82 Å². The molecule has 5 heteroatoms. The molecule has 1 aromatic heterocycles. The van der Waals surface area contributed by atoms with Crippen molar-refractivity contribution in [1.29, 1.82) is 0 Å². The van der Waals surface area contributed by atoms with Crippen molar-refractivity contribution >= 4 is 17.0 Å². The molecule has 0 bridgehead atoms. The predicted octanol–water partition coefficient (Wildman–Crippen LogP) is 5.48. The number of hydrogen-bond acceptors (Lipinski definition) is 4. The van der Waals surface area contributed by atoms with E-state index in [4.69, 9.17) is 0 Å². The molecule has 2 aliphatic rings. The maximum absolute atomic E-state index is 11.9. The SMILES string of the molecule is CCN1CCC(N2CCc3ccc(-c4nccs4)cc32)CC1.Fc1ccccc1. The highest BCUT2D eigenvalue weighted by Gasteiger charge is 2.29. The molecule has 29 heavy (non-hydrogen) atoms. The Hall–Kier alpha value is -2.24. The standard InChI is InChI=1S/C18H23N3S.C6H5F/c1-2-20-9-6-16(7-10-20)21-11-5-14-3-4-15(13-17(14)21)18-19-8-12-22-18;7-6-4-2-1-3-5-6/h3-4,8,12-13,16H,2,5-7,9-11H2,1H3;1-5H. The average molecular weight is 410 g/mol. The number of likely N-dealkylation sites (tertiary alicyclic amines) is 1. The third-order valence-electron chi connectivity index (χ3n) is 5.87. The van der Waals surface area contributed by atoms with Crippen LogP contribution in [0.25, 0.3) is 10.6 Å². The number of anilines is 1. The predicted molar refractivity (Wildman–Crippen MR) is 120 cm³/mol. The maximum atomic E-state index is 11.9. The zero-order valence-electron chi connectivity index (χ0n) is 16.9. The van der Waals surface area contributed by atoms with Crippen molar-refractivity contribution in [2.45, 2.75) is 32.2 Å². The second-order valence-electron chi connectivity index (χ2n) is 7.59. The lowest BCUT2D eigenvalue weighted by molar-refractivity contribution is 0.219. The normalized spacial score (nSPS) is 17.0. The molecular weight excluding hydrogens is 381 g/mol. The van der Waals surface area contributed by atoms with Gasteiger partial charge in [0, 0.05) is 48.5 Å². The Labute approximate surface area is 176 Å². The van der Waals surface area contributed by atoms with Crippen LogP contribution >= 0.6 is 11.3 Å². The van der Waals surface area contributed by atoms with Crippen LogP contribution in [0.4, 0.5) is 10.1 Å². The third-order valence-corrected chi connectivity index (χ3v) is 6.70. The van der Waals surface area contributed by atoms with Crippen LogP contribution in [0.5, 0.6) is 0 Å². The van der Waals surface area contributed by atoms with Crippen LogP contribution in [0.1, 0.15) is 25.3 Å². The van der Waals surface area contributed by atoms with Crippen LogP contribution < -0.4 is 4.90 Å². The van der Waals surface area contributed by atoms with Gasteiger partial charge in [-0.2, -0.15) is 0 Å². The molecule has 2 aliphatic heterocycles. The number of rotatable bonds is 3. The molecule has 2 aromatic carbocycles. The van der Waals surface area contributed by atoms with Gasteiger partial charge in [-0.05, 0) is 49.6 Å². The summed E-state index contributed by atoms with van der Waals surface area (Å²) in [6.45, 7) is 7.15. The molecule has 0 aliphatic carbocycles. The Morgan fingerprint density at radius 1 is 1.07 bits per heavy atom. The molecule has 5 rings (SSSR count). The van der Waals surface area contributed by atoms with Crippen molar-refractivity contribution in [3.8, 4) is 10.6 Å². The summed E-state index contributed by atoms with van der Waals surface area (Å²) in [7, 11) is 0. The molecule has 3 heterocycles. The fourth-order valence-electron chi connectivity index (χ4n) is 4.24. The van der Waals surface area contributed by atoms with Crippen LogP contribution in [0.15, 0.2) is 60.1 Å². The first kappa shape index (κ1) is 20.0. The summed E-state index contributed by atoms with van der Waals surface area (Å²) in [5.41, 5.74) is 4.24. The van der Waals surface area contributed by atoms with Gasteiger partial charge in [0.15, 0.2) is 0 Å². The number of halogens is 1. The topological polar surface area (TPSA) is 19.4 Å². The highest BCUT2D eigenvalue weighted by molar-refractivity contribution is 7.13. The number of hydrogen-bond donors (Lipinski definition) is 0. The van der Waals surface area contributed by atoms with Crippen molar-refractivity contribution < 1.29 is 4.39 Å². The number of benzene rings is 2. The molecule has 0 saturated carbocycles. The van der Waals surface area contributed by atoms with Crippen molar-refractivity contribution in [2.75, 3.05) is 31.1 Å². The van der Waals surface area contributed by atoms with Crippen LogP contribution in [0.2, 0.25) is 0 Å². The number of thiazole rings is 1. The second kappa shape index (κ2) is 9.51. The van der Waals surface area contributed by atoms with Gasteiger partial charge in [-0.3, -0.25) is 0 Å². The first-order valence-corrected chi connectivity index (χ1v) is 11.3. The lowest BCUT2D eigenvalue weighted by Gasteiger charge is -2.37. The fraction of sp³-hybridized carbons (Fsp3) is 0.375. The van der Waals surface area contributed by atoms with Gasteiger partial charge in [0.1, 0.15) is 10.8 Å². The monoisotopic (exact) mass is 409 g/mol. The van der Waals surface area contributed by atoms with Crippen molar-refractivity contribution in [2.24, 2.45) is 0 Å². The number of fused-ring (bicyclic) bond motifs is 1. The lowest BCUT2D eigenvalue weighted by atomic mass is 10.0. The smallest absolute Gasteiger partial charge is 0.123 e. The minimum Gasteiger partial charge on any atom is -0.368 e. The molecule has 1 saturated heterocycles. The van der Waals surface area contributed by atoms with Crippen molar-refractivity contribution in [3.63, 3.8) is 0 Å². The Morgan fingerprint density at radius 2 is 1.86 bits per heavy atom. The zero-order chi connectivity index (χ0) is 20.1. The Bertz CT molecular complexity index is 890. The summed E-state index contributed by atoms with van der Waals surface area (Å²) in [6.07, 6.45) is 5.69. The first-order valence-electron chi connectivity index (χ1n) is 10.5. The molecule has 3 aromatic rings. The van der Waals surface area contributed by atoms with Crippen LogP contribution in [-0.4, -0.2) is 42.1 Å². The summed E-state index contributed by atoms with van der Waals surface area (Å²) in [5, 5.41) is 3.19. The van der Waals surface area contributed by atoms with E-state index in [1.807, 2.05) is 6.20 Å². The van der Waals surface area contributed by atoms with E-state index in [1.165, 1.54) is 74.4 Å². The van der Waals surface area contributed by atoms with Gasteiger partial charge in [-0.1, -0.05) is 37.3 Å². The van der Waals surface area contributed by atoms with E-state index >= 15 is 0 Å². The molecule has 152 valence electrons. The summed E-state index contributed by atoms with van der Waals surface area (Å²) in [6, 6.07) is 15.6. The first-order chi connectivity index (χ1) is 14.2. The van der Waals surface area contributed by atoms with Gasteiger partial charge in [0.25, 0.3) is 0 Å². The largest absolute Gasteiger partial charge is 0.368 e. The quantitative estimate of drug-likeness (QED) is 0.571. The highest BCUT2D eigenvalue weighted by Crippen LogP contribution is 2.36. The van der Waals surface area contributed by atoms with E-state index in [9.17, 15) is 4.39 Å². The summed E-state index contributed by atoms with van der Waals surface area (Å²) in [5.74, 6) is -0.178. The molecule has 1 fully saturated rings. The van der Waals surface area contributed by atoms with E-state index in [-0.39, 0.29) is 5.82 Å². The molecule has 0 amide bonds. The summed E-state index contributed by atoms with van der Waals surface area (Å²) in [4.78, 5) is 9.70. The zero-order valence-corrected chi connectivity index (χ0v) is 17.7. The second-order valence-corrected chi connectivity index (χ2v) is 8.48. The molecule has 0 unspecified atom stereocenters. The van der Waals surface area contributed by atoms with Gasteiger partial charge >= 0.3 is 0 Å². The summed E-state index contributed by atoms with van der Waals surface area (Å²) < 4.78 is 11.9. The number of piperidine rings is 1. The number of aromatic nitrogens is 1. The number of nitrogens with zero attached hydrogens (tertiary/aromatic N) is 3. The van der Waals surface area contributed by atoms with Crippen molar-refractivity contribution in [3.05, 3.63) is 71.5 Å². The van der Waals surface area contributed by atoms with Gasteiger partial charge in [-0.15, -0.1) is 11.3 Å². The summed E-state index contributed by atoms with van der Waals surface area (Å²) >= 11 is 1.73. The average Bonchev–Trinajstić information content (AvgIpc) is 3.45. The van der Waals surface area contributed by atoms with Crippen LogP contribution in [-0.2, 0) is 6.42 Å². The Balaban J connectivity index is 0.000000249. The van der Waals surface area contributed by atoms with Gasteiger partial charge in [-0.25, -0.2) is 9.37 Å². The van der Waals surface area contributed by atoms with E-state index < -0.39 is 0 Å². The molecule has 0 N–H and O–H groups in total. The minimum atomic E-state index is -0.178. The molecule has 0 spiro atoms. The third kappa shape index (κ3) is 4.85. The highest BCUT2D eigenvalue weighted by atomic mass is 32.1. The van der Waals surface area contributed by atoms with Gasteiger partial charge < -0.3 is 9.80 Å². The van der Waals surface area contributed by atoms with E-state index in [1.54, 1.807) is 29.5 Å². The van der Waals surface area contributed by atoms with Crippen molar-refractivity contribution in [1.82, 2.24) is 9.88 Å². The van der Waals surface area contributed by atoms with Gasteiger partial charge in [0.05, 0.1) is 0 Å². The van der Waals surface area contributed by atoms with Crippen LogP contribution in [0.3, 0.4) is 0 Å². The van der Waals surface area contributed by atoms with E-state index in [2.05, 4.69) is 45.3 Å². The van der Waals surface area contributed by atoms with E-state index in [0.29, 0.717) is 0 Å². The Morgan fingerprint density at radius 3 is 2.48 bits per heavy atom. The lowest BCUT2D eigenvalue weighted by Crippen LogP contribution is -2.44. The maximum Gasteiger partial charge on any atom is 0.123 e. The van der Waals surface area contributed by atoms with Gasteiger partial charge in [0.2, 0.25) is 0 Å². The van der Waals surface area contributed by atoms with E-state index in [0.717, 1.165) is 11.0 Å². The fourth-order valence-corrected chi connectivity index (χ4v) is 4.88.